The van der Waals surface area contributed by atoms with Crippen LogP contribution in [0.15, 0.2) is 72.8 Å². The van der Waals surface area contributed by atoms with E-state index in [0.29, 0.717) is 31.9 Å². The van der Waals surface area contributed by atoms with Crippen molar-refractivity contribution in [3.8, 4) is 5.75 Å². The van der Waals surface area contributed by atoms with E-state index in [-0.39, 0.29) is 11.3 Å². The van der Waals surface area contributed by atoms with Crippen LogP contribution in [0.2, 0.25) is 15.1 Å². The SMILES string of the molecule is O=C(C=Cc1ccc(Cl)cc1Cl)c1ccc(OC(=O)c2ccccc2Cl)cc1. The van der Waals surface area contributed by atoms with Crippen LogP contribution in [-0.4, -0.2) is 11.8 Å². The van der Waals surface area contributed by atoms with E-state index in [9.17, 15) is 9.59 Å². The molecule has 0 fully saturated rings. The minimum atomic E-state index is -0.568. The molecule has 6 heteroatoms. The van der Waals surface area contributed by atoms with Crippen molar-refractivity contribution in [1.29, 1.82) is 0 Å². The molecule has 0 radical (unpaired) electrons. The summed E-state index contributed by atoms with van der Waals surface area (Å²) < 4.78 is 5.29. The van der Waals surface area contributed by atoms with Gasteiger partial charge in [-0.25, -0.2) is 4.79 Å². The molecule has 0 saturated carbocycles. The van der Waals surface area contributed by atoms with E-state index in [1.807, 2.05) is 0 Å². The van der Waals surface area contributed by atoms with Crippen molar-refractivity contribution in [2.24, 2.45) is 0 Å². The maximum Gasteiger partial charge on any atom is 0.345 e. The van der Waals surface area contributed by atoms with Crippen LogP contribution in [0.5, 0.6) is 5.75 Å². The van der Waals surface area contributed by atoms with Crippen LogP contribution < -0.4 is 4.74 Å². The summed E-state index contributed by atoms with van der Waals surface area (Å²) in [6.07, 6.45) is 3.03. The first-order valence-corrected chi connectivity index (χ1v) is 9.31. The molecule has 0 saturated heterocycles. The van der Waals surface area contributed by atoms with Crippen LogP contribution in [0.3, 0.4) is 0 Å². The highest BCUT2D eigenvalue weighted by molar-refractivity contribution is 6.35. The monoisotopic (exact) mass is 430 g/mol. The Morgan fingerprint density at radius 1 is 0.821 bits per heavy atom. The Balaban J connectivity index is 1.68. The Hall–Kier alpha value is -2.59. The van der Waals surface area contributed by atoms with Gasteiger partial charge in [0.15, 0.2) is 5.78 Å². The van der Waals surface area contributed by atoms with Gasteiger partial charge in [0.2, 0.25) is 0 Å². The maximum atomic E-state index is 12.3. The van der Waals surface area contributed by atoms with Crippen molar-refractivity contribution < 1.29 is 14.3 Å². The molecule has 3 nitrogen and oxygen atoms in total. The fourth-order valence-electron chi connectivity index (χ4n) is 2.37. The number of carbonyl (C=O) groups is 2. The van der Waals surface area contributed by atoms with E-state index in [1.54, 1.807) is 72.8 Å². The first-order valence-electron chi connectivity index (χ1n) is 8.18. The summed E-state index contributed by atoms with van der Waals surface area (Å²) in [7, 11) is 0. The lowest BCUT2D eigenvalue weighted by atomic mass is 10.1. The highest BCUT2D eigenvalue weighted by atomic mass is 35.5. The molecule has 0 aromatic heterocycles. The molecule has 0 atom stereocenters. The summed E-state index contributed by atoms with van der Waals surface area (Å²) in [5.74, 6) is -0.469. The van der Waals surface area contributed by atoms with E-state index in [2.05, 4.69) is 0 Å². The van der Waals surface area contributed by atoms with Crippen molar-refractivity contribution in [2.75, 3.05) is 0 Å². The fraction of sp³-hybridized carbons (Fsp3) is 0. The van der Waals surface area contributed by atoms with Gasteiger partial charge in [-0.05, 0) is 66.2 Å². The molecule has 0 spiro atoms. The summed E-state index contributed by atoms with van der Waals surface area (Å²) in [4.78, 5) is 24.5. The van der Waals surface area contributed by atoms with E-state index < -0.39 is 5.97 Å². The number of carbonyl (C=O) groups excluding carboxylic acids is 2. The van der Waals surface area contributed by atoms with E-state index >= 15 is 0 Å². The maximum absolute atomic E-state index is 12.3. The Kier molecular flexibility index (Phi) is 6.53. The molecular formula is C22H13Cl3O3. The summed E-state index contributed by atoms with van der Waals surface area (Å²) >= 11 is 17.9. The third kappa shape index (κ3) is 5.02. The van der Waals surface area contributed by atoms with Gasteiger partial charge in [-0.1, -0.05) is 53.0 Å². The van der Waals surface area contributed by atoms with E-state index in [4.69, 9.17) is 39.5 Å². The minimum absolute atomic E-state index is 0.213. The van der Waals surface area contributed by atoms with Crippen LogP contribution in [0.1, 0.15) is 26.3 Å². The molecule has 0 amide bonds. The minimum Gasteiger partial charge on any atom is -0.423 e. The highest BCUT2D eigenvalue weighted by Gasteiger charge is 2.12. The molecule has 3 rings (SSSR count). The van der Waals surface area contributed by atoms with Gasteiger partial charge in [0.25, 0.3) is 0 Å². The standard InChI is InChI=1S/C22H13Cl3O3/c23-16-9-5-14(20(25)13-16)8-12-21(26)15-6-10-17(11-7-15)28-22(27)18-3-1-2-4-19(18)24/h1-13H. The van der Waals surface area contributed by atoms with Crippen molar-refractivity contribution in [2.45, 2.75) is 0 Å². The first kappa shape index (κ1) is 20.2. The predicted octanol–water partition coefficient (Wildman–Crippen LogP) is 6.76. The van der Waals surface area contributed by atoms with Gasteiger partial charge in [0.05, 0.1) is 10.6 Å². The lowest BCUT2D eigenvalue weighted by Gasteiger charge is -2.06. The molecular weight excluding hydrogens is 419 g/mol. The number of ether oxygens (including phenoxy) is 1. The van der Waals surface area contributed by atoms with Gasteiger partial charge in [0.1, 0.15) is 5.75 Å². The number of esters is 1. The Bertz CT molecular complexity index is 1060. The second-order valence-electron chi connectivity index (χ2n) is 5.76. The van der Waals surface area contributed by atoms with Crippen molar-refractivity contribution in [3.63, 3.8) is 0 Å². The third-order valence-corrected chi connectivity index (χ3v) is 4.71. The molecule has 0 unspecified atom stereocenters. The van der Waals surface area contributed by atoms with Crippen LogP contribution in [0, 0.1) is 0 Å². The number of halogens is 3. The van der Waals surface area contributed by atoms with Crippen LogP contribution >= 0.6 is 34.8 Å². The zero-order valence-electron chi connectivity index (χ0n) is 14.4. The van der Waals surface area contributed by atoms with E-state index in [0.717, 1.165) is 0 Å². The first-order chi connectivity index (χ1) is 13.4. The highest BCUT2D eigenvalue weighted by Crippen LogP contribution is 2.23. The molecule has 3 aromatic rings. The largest absolute Gasteiger partial charge is 0.423 e. The molecule has 28 heavy (non-hydrogen) atoms. The lowest BCUT2D eigenvalue weighted by molar-refractivity contribution is 0.0735. The average molecular weight is 432 g/mol. The van der Waals surface area contributed by atoms with Crippen molar-refractivity contribution in [3.05, 3.63) is 105 Å². The fourth-order valence-corrected chi connectivity index (χ4v) is 3.06. The molecule has 3 aromatic carbocycles. The summed E-state index contributed by atoms with van der Waals surface area (Å²) in [6, 6.07) is 17.9. The van der Waals surface area contributed by atoms with Crippen molar-refractivity contribution in [1.82, 2.24) is 0 Å². The second-order valence-corrected chi connectivity index (χ2v) is 7.01. The smallest absolute Gasteiger partial charge is 0.345 e. The number of hydrogen-bond donors (Lipinski definition) is 0. The number of ketones is 1. The summed E-state index contributed by atoms with van der Waals surface area (Å²) in [6.45, 7) is 0. The van der Waals surface area contributed by atoms with Crippen LogP contribution in [0.25, 0.3) is 6.08 Å². The molecule has 0 aliphatic rings. The quantitative estimate of drug-likeness (QED) is 0.194. The molecule has 140 valence electrons. The summed E-state index contributed by atoms with van der Waals surface area (Å²) in [5, 5.41) is 1.29. The number of benzene rings is 3. The molecule has 0 aliphatic heterocycles. The van der Waals surface area contributed by atoms with Crippen LogP contribution in [-0.2, 0) is 0 Å². The van der Waals surface area contributed by atoms with Gasteiger partial charge < -0.3 is 4.74 Å². The number of rotatable bonds is 5. The lowest BCUT2D eigenvalue weighted by Crippen LogP contribution is -2.09. The normalized spacial score (nSPS) is 10.8. The Morgan fingerprint density at radius 2 is 1.54 bits per heavy atom. The average Bonchev–Trinajstić information content (AvgIpc) is 2.68. The zero-order valence-corrected chi connectivity index (χ0v) is 16.6. The zero-order chi connectivity index (χ0) is 20.1. The molecule has 0 heterocycles. The van der Waals surface area contributed by atoms with E-state index in [1.165, 1.54) is 6.08 Å². The van der Waals surface area contributed by atoms with Crippen LogP contribution in [0.4, 0.5) is 0 Å². The molecule has 0 aliphatic carbocycles. The third-order valence-electron chi connectivity index (χ3n) is 3.82. The molecule has 0 N–H and O–H groups in total. The molecule has 0 bridgehead atoms. The number of allylic oxidation sites excluding steroid dienone is 1. The van der Waals surface area contributed by atoms with Gasteiger partial charge in [-0.15, -0.1) is 0 Å². The Labute approximate surface area is 177 Å². The Morgan fingerprint density at radius 3 is 2.21 bits per heavy atom. The van der Waals surface area contributed by atoms with Gasteiger partial charge in [-0.3, -0.25) is 4.79 Å². The summed E-state index contributed by atoms with van der Waals surface area (Å²) in [5.41, 5.74) is 1.40. The van der Waals surface area contributed by atoms with Gasteiger partial charge in [-0.2, -0.15) is 0 Å². The number of hydrogen-bond acceptors (Lipinski definition) is 3. The van der Waals surface area contributed by atoms with Crippen molar-refractivity contribution >= 4 is 52.6 Å². The topological polar surface area (TPSA) is 43.4 Å². The van der Waals surface area contributed by atoms with Gasteiger partial charge >= 0.3 is 5.97 Å². The van der Waals surface area contributed by atoms with Gasteiger partial charge in [0, 0.05) is 15.6 Å². The predicted molar refractivity (Wildman–Crippen MR) is 113 cm³/mol. The second kappa shape index (κ2) is 9.07.